The third-order valence-electron chi connectivity index (χ3n) is 5.20. The highest BCUT2D eigenvalue weighted by Crippen LogP contribution is 2.46. The second-order valence-corrected chi connectivity index (χ2v) is 8.79. The largest absolute Gasteiger partial charge is 0.284 e. The molecule has 0 N–H and O–H groups in total. The molecule has 0 saturated carbocycles. The zero-order valence-electron chi connectivity index (χ0n) is 15.5. The SMILES string of the molecule is CC1=C(C)C2C(C(C)(C)C)=NN(C(C)(C)C)C2C(C)=C1C. The van der Waals surface area contributed by atoms with Crippen LogP contribution in [0.3, 0.4) is 0 Å². The number of hydrazone groups is 1. The van der Waals surface area contributed by atoms with Crippen LogP contribution in [-0.2, 0) is 0 Å². The van der Waals surface area contributed by atoms with E-state index in [9.17, 15) is 0 Å². The van der Waals surface area contributed by atoms with Crippen LogP contribution in [0, 0.1) is 11.3 Å². The van der Waals surface area contributed by atoms with Crippen molar-refractivity contribution in [2.24, 2.45) is 16.4 Å². The van der Waals surface area contributed by atoms with Gasteiger partial charge in [0.25, 0.3) is 0 Å². The predicted octanol–water partition coefficient (Wildman–Crippen LogP) is 5.17. The van der Waals surface area contributed by atoms with Gasteiger partial charge in [0.15, 0.2) is 0 Å². The van der Waals surface area contributed by atoms with E-state index in [1.165, 1.54) is 28.0 Å². The van der Waals surface area contributed by atoms with Gasteiger partial charge in [-0.3, -0.25) is 5.01 Å². The van der Waals surface area contributed by atoms with Crippen molar-refractivity contribution in [2.45, 2.75) is 80.8 Å². The van der Waals surface area contributed by atoms with Gasteiger partial charge >= 0.3 is 0 Å². The highest BCUT2D eigenvalue weighted by molar-refractivity contribution is 5.96. The van der Waals surface area contributed by atoms with Crippen molar-refractivity contribution in [1.29, 1.82) is 0 Å². The predicted molar refractivity (Wildman–Crippen MR) is 92.5 cm³/mol. The minimum Gasteiger partial charge on any atom is -0.284 e. The average Bonchev–Trinajstić information content (AvgIpc) is 2.73. The maximum Gasteiger partial charge on any atom is 0.0807 e. The molecule has 2 heteroatoms. The van der Waals surface area contributed by atoms with Gasteiger partial charge in [0.1, 0.15) is 0 Å². The van der Waals surface area contributed by atoms with Crippen molar-refractivity contribution >= 4 is 5.71 Å². The van der Waals surface area contributed by atoms with Crippen LogP contribution in [0.5, 0.6) is 0 Å². The summed E-state index contributed by atoms with van der Waals surface area (Å²) in [6.07, 6.45) is 0. The summed E-state index contributed by atoms with van der Waals surface area (Å²) in [5.74, 6) is 0.438. The minimum absolute atomic E-state index is 0.0446. The molecule has 0 aromatic heterocycles. The Hall–Kier alpha value is -1.05. The van der Waals surface area contributed by atoms with Gasteiger partial charge in [-0.25, -0.2) is 0 Å². The van der Waals surface area contributed by atoms with Crippen LogP contribution in [0.25, 0.3) is 0 Å². The molecule has 2 unspecified atom stereocenters. The second-order valence-electron chi connectivity index (χ2n) is 8.79. The maximum absolute atomic E-state index is 5.13. The van der Waals surface area contributed by atoms with E-state index < -0.39 is 0 Å². The number of hydrogen-bond acceptors (Lipinski definition) is 2. The van der Waals surface area contributed by atoms with Gasteiger partial charge in [0.05, 0.1) is 17.3 Å². The first-order valence-electron chi connectivity index (χ1n) is 8.10. The molecule has 21 heavy (non-hydrogen) atoms. The molecule has 118 valence electrons. The number of hydrogen-bond donors (Lipinski definition) is 0. The molecule has 1 heterocycles. The van der Waals surface area contributed by atoms with Gasteiger partial charge in [-0.2, -0.15) is 5.10 Å². The average molecular weight is 288 g/mol. The lowest BCUT2D eigenvalue weighted by molar-refractivity contribution is 0.109. The lowest BCUT2D eigenvalue weighted by Crippen LogP contribution is -2.47. The first-order chi connectivity index (χ1) is 9.37. The summed E-state index contributed by atoms with van der Waals surface area (Å²) in [6, 6.07) is 0.392. The number of rotatable bonds is 0. The first kappa shape index (κ1) is 16.3. The Morgan fingerprint density at radius 1 is 0.810 bits per heavy atom. The second kappa shape index (κ2) is 4.72. The molecule has 0 fully saturated rings. The van der Waals surface area contributed by atoms with Crippen LogP contribution in [0.2, 0.25) is 0 Å². The molecule has 0 aromatic rings. The smallest absolute Gasteiger partial charge is 0.0807 e. The van der Waals surface area contributed by atoms with Crippen LogP contribution in [0.15, 0.2) is 27.4 Å². The van der Waals surface area contributed by atoms with E-state index in [0.717, 1.165) is 0 Å². The van der Waals surface area contributed by atoms with Crippen LogP contribution < -0.4 is 0 Å². The van der Waals surface area contributed by atoms with Crippen LogP contribution >= 0.6 is 0 Å². The van der Waals surface area contributed by atoms with E-state index in [-0.39, 0.29) is 11.0 Å². The van der Waals surface area contributed by atoms with Gasteiger partial charge in [0.2, 0.25) is 0 Å². The van der Waals surface area contributed by atoms with E-state index in [1.54, 1.807) is 0 Å². The van der Waals surface area contributed by atoms with E-state index in [2.05, 4.69) is 74.2 Å². The zero-order chi connectivity index (χ0) is 16.3. The van der Waals surface area contributed by atoms with Gasteiger partial charge in [0, 0.05) is 11.3 Å². The molecule has 0 aromatic carbocycles. The van der Waals surface area contributed by atoms with E-state index in [0.29, 0.717) is 12.0 Å². The standard InChI is InChI=1S/C19H32N2/c1-11-12(2)14(4)16-15(13(11)3)17(18(5,6)7)20-21(16)19(8,9)10/h15-16H,1-10H3. The fourth-order valence-corrected chi connectivity index (χ4v) is 3.64. The summed E-state index contributed by atoms with van der Waals surface area (Å²) in [6.45, 7) is 22.8. The van der Waals surface area contributed by atoms with Gasteiger partial charge in [-0.1, -0.05) is 26.3 Å². The Kier molecular flexibility index (Phi) is 3.67. The van der Waals surface area contributed by atoms with Crippen molar-refractivity contribution in [3.05, 3.63) is 22.3 Å². The third kappa shape index (κ3) is 2.47. The molecule has 0 radical (unpaired) electrons. The quantitative estimate of drug-likeness (QED) is 0.600. The topological polar surface area (TPSA) is 15.6 Å². The van der Waals surface area contributed by atoms with Gasteiger partial charge < -0.3 is 0 Å². The van der Waals surface area contributed by atoms with E-state index in [4.69, 9.17) is 5.10 Å². The van der Waals surface area contributed by atoms with Crippen LogP contribution in [-0.4, -0.2) is 22.3 Å². The summed E-state index contributed by atoms with van der Waals surface area (Å²) >= 11 is 0. The molecule has 1 aliphatic carbocycles. The molecular weight excluding hydrogens is 256 g/mol. The fraction of sp³-hybridized carbons (Fsp3) is 0.737. The molecule has 0 amide bonds. The fourth-order valence-electron chi connectivity index (χ4n) is 3.64. The monoisotopic (exact) mass is 288 g/mol. The minimum atomic E-state index is 0.0446. The molecule has 2 nitrogen and oxygen atoms in total. The Morgan fingerprint density at radius 3 is 1.71 bits per heavy atom. The zero-order valence-corrected chi connectivity index (χ0v) is 15.5. The van der Waals surface area contributed by atoms with Crippen molar-refractivity contribution in [3.63, 3.8) is 0 Å². The molecule has 0 spiro atoms. The number of fused-ring (bicyclic) bond motifs is 1. The molecule has 0 saturated heterocycles. The Labute approximate surface area is 131 Å². The highest BCUT2D eigenvalue weighted by atomic mass is 15.5. The van der Waals surface area contributed by atoms with E-state index in [1.807, 2.05) is 0 Å². The summed E-state index contributed by atoms with van der Waals surface area (Å²) < 4.78 is 0. The van der Waals surface area contributed by atoms with Crippen molar-refractivity contribution < 1.29 is 0 Å². The van der Waals surface area contributed by atoms with E-state index >= 15 is 0 Å². The summed E-state index contributed by atoms with van der Waals surface area (Å²) in [4.78, 5) is 0. The maximum atomic E-state index is 5.13. The first-order valence-corrected chi connectivity index (χ1v) is 8.10. The Morgan fingerprint density at radius 2 is 1.29 bits per heavy atom. The van der Waals surface area contributed by atoms with Crippen LogP contribution in [0.1, 0.15) is 69.2 Å². The van der Waals surface area contributed by atoms with Crippen LogP contribution in [0.4, 0.5) is 0 Å². The van der Waals surface area contributed by atoms with Crippen molar-refractivity contribution in [1.82, 2.24) is 5.01 Å². The molecule has 1 aliphatic heterocycles. The van der Waals surface area contributed by atoms with Gasteiger partial charge in [-0.15, -0.1) is 0 Å². The Bertz CT molecular complexity index is 547. The highest BCUT2D eigenvalue weighted by Gasteiger charge is 2.48. The molecule has 0 bridgehead atoms. The molecular formula is C19H32N2. The summed E-state index contributed by atoms with van der Waals surface area (Å²) in [7, 11) is 0. The number of allylic oxidation sites excluding steroid dienone is 2. The molecule has 2 aliphatic rings. The Balaban J connectivity index is 2.65. The lowest BCUT2D eigenvalue weighted by Gasteiger charge is -2.42. The summed E-state index contributed by atoms with van der Waals surface area (Å²) in [5, 5.41) is 7.48. The third-order valence-corrected chi connectivity index (χ3v) is 5.20. The normalized spacial score (nSPS) is 27.3. The number of nitrogens with zero attached hydrogens (tertiary/aromatic N) is 2. The lowest BCUT2D eigenvalue weighted by atomic mass is 9.70. The van der Waals surface area contributed by atoms with Gasteiger partial charge in [-0.05, 0) is 65.2 Å². The molecule has 2 rings (SSSR count). The molecule has 2 atom stereocenters. The summed E-state index contributed by atoms with van der Waals surface area (Å²) in [5.41, 5.74) is 7.39. The van der Waals surface area contributed by atoms with Crippen molar-refractivity contribution in [2.75, 3.05) is 0 Å². The van der Waals surface area contributed by atoms with Crippen molar-refractivity contribution in [3.8, 4) is 0 Å².